The molecule has 0 unspecified atom stereocenters. The summed E-state index contributed by atoms with van der Waals surface area (Å²) in [5, 5.41) is 6.50. The summed E-state index contributed by atoms with van der Waals surface area (Å²) in [4.78, 5) is 13.8. The Morgan fingerprint density at radius 1 is 1.32 bits per heavy atom. The molecule has 0 saturated carbocycles. The smallest absolute Gasteiger partial charge is 0.277 e. The zero-order chi connectivity index (χ0) is 16.4. The first-order valence-electron chi connectivity index (χ1n) is 6.62. The van der Waals surface area contributed by atoms with Crippen molar-refractivity contribution in [3.05, 3.63) is 39.5 Å². The molecule has 0 atom stereocenters. The summed E-state index contributed by atoms with van der Waals surface area (Å²) in [6.45, 7) is 2.02. The Balaban J connectivity index is 2.19. The number of nitrogens with zero attached hydrogens (tertiary/aromatic N) is 3. The van der Waals surface area contributed by atoms with E-state index in [1.54, 1.807) is 30.3 Å². The fourth-order valence-corrected chi connectivity index (χ4v) is 2.40. The molecule has 0 spiro atoms. The topological polar surface area (TPSA) is 45.1 Å². The Labute approximate surface area is 139 Å². The maximum atomic E-state index is 12.0. The van der Waals surface area contributed by atoms with Crippen LogP contribution >= 0.6 is 23.2 Å². The zero-order valence-electron chi connectivity index (χ0n) is 12.9. The quantitative estimate of drug-likeness (QED) is 0.791. The second-order valence-corrected chi connectivity index (χ2v) is 6.02. The number of likely N-dealkylation sites (N-methyl/N-ethyl adjacent to an activating group) is 1. The van der Waals surface area contributed by atoms with E-state index in [4.69, 9.17) is 27.9 Å². The Morgan fingerprint density at radius 2 is 2.00 bits per heavy atom. The molecule has 1 aliphatic rings. The molecule has 0 radical (unpaired) electrons. The zero-order valence-corrected chi connectivity index (χ0v) is 14.4. The Kier molecular flexibility index (Phi) is 4.98. The largest absolute Gasteiger partial charge is 0.486 e. The van der Waals surface area contributed by atoms with Crippen LogP contribution in [0.25, 0.3) is 0 Å². The molecule has 0 N–H and O–H groups in total. The maximum absolute atomic E-state index is 12.0. The second-order valence-electron chi connectivity index (χ2n) is 5.20. The minimum atomic E-state index is -0.161. The second kappa shape index (κ2) is 6.58. The SMILES string of the molecule is Cc1cc(OCC2=NN(C)C(=O)C2=CN(C)C)c(Cl)cc1Cl. The summed E-state index contributed by atoms with van der Waals surface area (Å²) in [5.41, 5.74) is 1.94. The number of ether oxygens (including phenoxy) is 1. The molecule has 0 saturated heterocycles. The first-order valence-corrected chi connectivity index (χ1v) is 7.37. The third kappa shape index (κ3) is 3.54. The number of rotatable bonds is 4. The predicted molar refractivity (Wildman–Crippen MR) is 88.7 cm³/mol. The molecule has 0 fully saturated rings. The van der Waals surface area contributed by atoms with Crippen LogP contribution in [-0.2, 0) is 4.79 Å². The third-order valence-electron chi connectivity index (χ3n) is 3.07. The van der Waals surface area contributed by atoms with Crippen LogP contribution in [0, 0.1) is 6.92 Å². The minimum absolute atomic E-state index is 0.149. The van der Waals surface area contributed by atoms with Gasteiger partial charge in [0.05, 0.1) is 10.6 Å². The molecule has 1 aromatic rings. The molecule has 7 heteroatoms. The average molecular weight is 342 g/mol. The molecule has 22 heavy (non-hydrogen) atoms. The average Bonchev–Trinajstić information content (AvgIpc) is 2.69. The highest BCUT2D eigenvalue weighted by molar-refractivity contribution is 6.36. The first-order chi connectivity index (χ1) is 10.3. The molecular formula is C15H17Cl2N3O2. The lowest BCUT2D eigenvalue weighted by Gasteiger charge is -2.11. The van der Waals surface area contributed by atoms with Gasteiger partial charge in [0.1, 0.15) is 18.1 Å². The van der Waals surface area contributed by atoms with Gasteiger partial charge >= 0.3 is 0 Å². The standard InChI is InChI=1S/C15H17Cl2N3O2/c1-9-5-14(12(17)6-11(9)16)22-8-13-10(7-19(2)3)15(21)20(4)18-13/h5-7H,8H2,1-4H3. The summed E-state index contributed by atoms with van der Waals surface area (Å²) in [6, 6.07) is 3.40. The number of hydrogen-bond acceptors (Lipinski definition) is 4. The van der Waals surface area contributed by atoms with Crippen LogP contribution in [0.1, 0.15) is 5.56 Å². The highest BCUT2D eigenvalue weighted by Crippen LogP contribution is 2.31. The lowest BCUT2D eigenvalue weighted by atomic mass is 10.2. The molecule has 0 bridgehead atoms. The number of carbonyl (C=O) groups excluding carboxylic acids is 1. The number of hydrogen-bond donors (Lipinski definition) is 0. The summed E-state index contributed by atoms with van der Waals surface area (Å²) in [7, 11) is 5.30. The van der Waals surface area contributed by atoms with Gasteiger partial charge in [0, 0.05) is 32.4 Å². The van der Waals surface area contributed by atoms with E-state index in [-0.39, 0.29) is 12.5 Å². The number of amides is 1. The van der Waals surface area contributed by atoms with Crippen LogP contribution in [-0.4, -0.2) is 49.3 Å². The van der Waals surface area contributed by atoms with Gasteiger partial charge in [0.15, 0.2) is 0 Å². The molecular weight excluding hydrogens is 325 g/mol. The van der Waals surface area contributed by atoms with Crippen molar-refractivity contribution in [2.24, 2.45) is 5.10 Å². The molecule has 5 nitrogen and oxygen atoms in total. The fraction of sp³-hybridized carbons (Fsp3) is 0.333. The monoisotopic (exact) mass is 341 g/mol. The Bertz CT molecular complexity index is 669. The van der Waals surface area contributed by atoms with Crippen molar-refractivity contribution in [2.45, 2.75) is 6.92 Å². The van der Waals surface area contributed by atoms with Gasteiger partial charge in [-0.1, -0.05) is 23.2 Å². The van der Waals surface area contributed by atoms with E-state index in [0.29, 0.717) is 27.1 Å². The van der Waals surface area contributed by atoms with Crippen molar-refractivity contribution < 1.29 is 9.53 Å². The molecule has 1 aliphatic heterocycles. The molecule has 0 aliphatic carbocycles. The number of halogens is 2. The van der Waals surface area contributed by atoms with E-state index < -0.39 is 0 Å². The molecule has 1 amide bonds. The Hall–Kier alpha value is -1.72. The van der Waals surface area contributed by atoms with E-state index in [2.05, 4.69) is 5.10 Å². The molecule has 1 aromatic carbocycles. The maximum Gasteiger partial charge on any atom is 0.277 e. The number of hydrazone groups is 1. The van der Waals surface area contributed by atoms with Crippen molar-refractivity contribution in [2.75, 3.05) is 27.7 Å². The van der Waals surface area contributed by atoms with Crippen molar-refractivity contribution in [1.82, 2.24) is 9.91 Å². The third-order valence-corrected chi connectivity index (χ3v) is 3.77. The Morgan fingerprint density at radius 3 is 2.64 bits per heavy atom. The van der Waals surface area contributed by atoms with Crippen LogP contribution in [0.15, 0.2) is 29.0 Å². The van der Waals surface area contributed by atoms with Crippen molar-refractivity contribution in [3.63, 3.8) is 0 Å². The number of carbonyl (C=O) groups is 1. The predicted octanol–water partition coefficient (Wildman–Crippen LogP) is 2.95. The normalized spacial score (nSPS) is 16.3. The van der Waals surface area contributed by atoms with E-state index in [9.17, 15) is 4.79 Å². The lowest BCUT2D eigenvalue weighted by molar-refractivity contribution is -0.124. The molecule has 2 rings (SSSR count). The lowest BCUT2D eigenvalue weighted by Crippen LogP contribution is -2.20. The molecule has 0 aromatic heterocycles. The number of aryl methyl sites for hydroxylation is 1. The fourth-order valence-electron chi connectivity index (χ4n) is 1.96. The summed E-state index contributed by atoms with van der Waals surface area (Å²) in [6.07, 6.45) is 1.72. The van der Waals surface area contributed by atoms with Crippen LogP contribution in [0.3, 0.4) is 0 Å². The van der Waals surface area contributed by atoms with Crippen molar-refractivity contribution in [3.8, 4) is 5.75 Å². The van der Waals surface area contributed by atoms with Gasteiger partial charge in [-0.2, -0.15) is 5.10 Å². The number of benzene rings is 1. The van der Waals surface area contributed by atoms with Crippen LogP contribution < -0.4 is 4.74 Å². The summed E-state index contributed by atoms with van der Waals surface area (Å²) in [5.74, 6) is 0.350. The van der Waals surface area contributed by atoms with Gasteiger partial charge in [0.2, 0.25) is 0 Å². The summed E-state index contributed by atoms with van der Waals surface area (Å²) >= 11 is 12.1. The van der Waals surface area contributed by atoms with Crippen molar-refractivity contribution >= 4 is 34.8 Å². The highest BCUT2D eigenvalue weighted by atomic mass is 35.5. The van der Waals surface area contributed by atoms with E-state index >= 15 is 0 Å². The van der Waals surface area contributed by atoms with Crippen molar-refractivity contribution in [1.29, 1.82) is 0 Å². The van der Waals surface area contributed by atoms with Gasteiger partial charge in [-0.25, -0.2) is 5.01 Å². The van der Waals surface area contributed by atoms with Crippen LogP contribution in [0.5, 0.6) is 5.75 Å². The summed E-state index contributed by atoms with van der Waals surface area (Å²) < 4.78 is 5.71. The van der Waals surface area contributed by atoms with Crippen LogP contribution in [0.2, 0.25) is 10.0 Å². The van der Waals surface area contributed by atoms with E-state index in [1.807, 2.05) is 21.0 Å². The van der Waals surface area contributed by atoms with Gasteiger partial charge in [-0.05, 0) is 24.6 Å². The van der Waals surface area contributed by atoms with Gasteiger partial charge < -0.3 is 9.64 Å². The van der Waals surface area contributed by atoms with Gasteiger partial charge in [-0.15, -0.1) is 0 Å². The van der Waals surface area contributed by atoms with Crippen LogP contribution in [0.4, 0.5) is 0 Å². The van der Waals surface area contributed by atoms with E-state index in [0.717, 1.165) is 5.56 Å². The minimum Gasteiger partial charge on any atom is -0.486 e. The highest BCUT2D eigenvalue weighted by Gasteiger charge is 2.28. The molecule has 1 heterocycles. The first kappa shape index (κ1) is 16.6. The van der Waals surface area contributed by atoms with E-state index in [1.165, 1.54) is 5.01 Å². The molecule has 118 valence electrons. The van der Waals surface area contributed by atoms with Gasteiger partial charge in [-0.3, -0.25) is 4.79 Å². The van der Waals surface area contributed by atoms with Gasteiger partial charge in [0.25, 0.3) is 5.91 Å².